The number of halogens is 2. The van der Waals surface area contributed by atoms with Gasteiger partial charge in [-0.25, -0.2) is 9.97 Å². The Morgan fingerprint density at radius 3 is 2.57 bits per heavy atom. The van der Waals surface area contributed by atoms with Crippen molar-refractivity contribution in [2.75, 3.05) is 19.8 Å². The third kappa shape index (κ3) is 4.78. The van der Waals surface area contributed by atoms with E-state index in [2.05, 4.69) is 9.97 Å². The standard InChI is InChI=1S/C16H18ClN3O2.ClH/c17-13-7-19-16(20-8-13)11-1-3-14(4-2-11)22-9-12-5-6-21-10-15(12)18;/h1-4,7-8,12,15H,5-6,9-10,18H2;1H/t12-,15+;/m1./s1. The number of aromatic nitrogens is 2. The maximum atomic E-state index is 6.02. The van der Waals surface area contributed by atoms with Crippen LogP contribution in [-0.4, -0.2) is 35.8 Å². The Morgan fingerprint density at radius 1 is 1.22 bits per heavy atom. The minimum Gasteiger partial charge on any atom is -0.493 e. The van der Waals surface area contributed by atoms with Crippen molar-refractivity contribution in [2.45, 2.75) is 12.5 Å². The van der Waals surface area contributed by atoms with E-state index in [0.717, 1.165) is 24.3 Å². The van der Waals surface area contributed by atoms with E-state index in [1.165, 1.54) is 0 Å². The summed E-state index contributed by atoms with van der Waals surface area (Å²) in [5.74, 6) is 1.80. The Balaban J connectivity index is 0.00000192. The fraction of sp³-hybridized carbons (Fsp3) is 0.375. The van der Waals surface area contributed by atoms with Crippen LogP contribution in [0.1, 0.15) is 6.42 Å². The molecule has 2 heterocycles. The molecule has 0 unspecified atom stereocenters. The predicted molar refractivity (Wildman–Crippen MR) is 92.1 cm³/mol. The van der Waals surface area contributed by atoms with Crippen LogP contribution in [0.25, 0.3) is 11.4 Å². The molecule has 5 nitrogen and oxygen atoms in total. The van der Waals surface area contributed by atoms with Gasteiger partial charge in [0.2, 0.25) is 0 Å². The van der Waals surface area contributed by atoms with E-state index >= 15 is 0 Å². The monoisotopic (exact) mass is 355 g/mol. The quantitative estimate of drug-likeness (QED) is 0.912. The van der Waals surface area contributed by atoms with Crippen LogP contribution in [0.15, 0.2) is 36.7 Å². The van der Waals surface area contributed by atoms with Gasteiger partial charge >= 0.3 is 0 Å². The Hall–Kier alpha value is -1.40. The van der Waals surface area contributed by atoms with Gasteiger partial charge in [-0.1, -0.05) is 11.6 Å². The van der Waals surface area contributed by atoms with Gasteiger partial charge in [0.1, 0.15) is 5.75 Å². The lowest BCUT2D eigenvalue weighted by atomic mass is 9.97. The van der Waals surface area contributed by atoms with E-state index < -0.39 is 0 Å². The van der Waals surface area contributed by atoms with Crippen molar-refractivity contribution < 1.29 is 9.47 Å². The van der Waals surface area contributed by atoms with Crippen molar-refractivity contribution >= 4 is 24.0 Å². The summed E-state index contributed by atoms with van der Waals surface area (Å²) in [4.78, 5) is 8.39. The van der Waals surface area contributed by atoms with Crippen molar-refractivity contribution in [2.24, 2.45) is 11.7 Å². The molecule has 0 amide bonds. The van der Waals surface area contributed by atoms with E-state index in [9.17, 15) is 0 Å². The molecule has 1 aromatic heterocycles. The lowest BCUT2D eigenvalue weighted by Gasteiger charge is -2.28. The summed E-state index contributed by atoms with van der Waals surface area (Å²) < 4.78 is 11.2. The fourth-order valence-electron chi connectivity index (χ4n) is 2.38. The Kier molecular flexibility index (Phi) is 6.59. The molecule has 1 aliphatic heterocycles. The second-order valence-corrected chi connectivity index (χ2v) is 5.78. The maximum Gasteiger partial charge on any atom is 0.159 e. The second kappa shape index (κ2) is 8.45. The highest BCUT2D eigenvalue weighted by molar-refractivity contribution is 6.30. The van der Waals surface area contributed by atoms with E-state index in [1.54, 1.807) is 12.4 Å². The van der Waals surface area contributed by atoms with Gasteiger partial charge in [-0.2, -0.15) is 0 Å². The molecule has 124 valence electrons. The number of hydrogen-bond donors (Lipinski definition) is 1. The van der Waals surface area contributed by atoms with Gasteiger partial charge in [0.05, 0.1) is 18.2 Å². The SMILES string of the molecule is Cl.N[C@H]1COCC[C@@H]1COc1ccc(-c2ncc(Cl)cn2)cc1. The first-order valence-corrected chi connectivity index (χ1v) is 7.64. The minimum atomic E-state index is 0. The third-order valence-electron chi connectivity index (χ3n) is 3.75. The molecule has 2 aromatic rings. The number of benzene rings is 1. The largest absolute Gasteiger partial charge is 0.493 e. The predicted octanol–water partition coefficient (Wildman–Crippen LogP) is 2.96. The highest BCUT2D eigenvalue weighted by Gasteiger charge is 2.22. The van der Waals surface area contributed by atoms with Crippen molar-refractivity contribution in [3.05, 3.63) is 41.7 Å². The van der Waals surface area contributed by atoms with Crippen molar-refractivity contribution in [1.82, 2.24) is 9.97 Å². The summed E-state index contributed by atoms with van der Waals surface area (Å²) >= 11 is 5.79. The van der Waals surface area contributed by atoms with Crippen molar-refractivity contribution in [3.8, 4) is 17.1 Å². The van der Waals surface area contributed by atoms with Gasteiger partial charge in [0, 0.05) is 36.5 Å². The highest BCUT2D eigenvalue weighted by atomic mass is 35.5. The molecule has 0 spiro atoms. The number of nitrogens with two attached hydrogens (primary N) is 1. The van der Waals surface area contributed by atoms with Crippen LogP contribution in [0.2, 0.25) is 5.02 Å². The summed E-state index contributed by atoms with van der Waals surface area (Å²) in [6, 6.07) is 7.75. The fourth-order valence-corrected chi connectivity index (χ4v) is 2.47. The lowest BCUT2D eigenvalue weighted by molar-refractivity contribution is 0.0328. The van der Waals surface area contributed by atoms with E-state index in [-0.39, 0.29) is 18.4 Å². The van der Waals surface area contributed by atoms with Crippen LogP contribution < -0.4 is 10.5 Å². The third-order valence-corrected chi connectivity index (χ3v) is 3.94. The molecule has 0 aliphatic carbocycles. The average Bonchev–Trinajstić information content (AvgIpc) is 2.55. The molecule has 1 aliphatic rings. The van der Waals surface area contributed by atoms with E-state index in [4.69, 9.17) is 26.8 Å². The zero-order valence-corrected chi connectivity index (χ0v) is 14.1. The van der Waals surface area contributed by atoms with Crippen LogP contribution >= 0.6 is 24.0 Å². The maximum absolute atomic E-state index is 6.02. The molecule has 1 fully saturated rings. The molecule has 3 rings (SSSR count). The number of rotatable bonds is 4. The van der Waals surface area contributed by atoms with Crippen LogP contribution in [0, 0.1) is 5.92 Å². The summed E-state index contributed by atoms with van der Waals surface area (Å²) in [5, 5.41) is 0.525. The summed E-state index contributed by atoms with van der Waals surface area (Å²) in [7, 11) is 0. The lowest BCUT2D eigenvalue weighted by Crippen LogP contribution is -2.42. The molecule has 23 heavy (non-hydrogen) atoms. The minimum absolute atomic E-state index is 0. The Morgan fingerprint density at radius 2 is 1.91 bits per heavy atom. The molecular weight excluding hydrogens is 337 g/mol. The van der Waals surface area contributed by atoms with Crippen LogP contribution in [0.3, 0.4) is 0 Å². The second-order valence-electron chi connectivity index (χ2n) is 5.35. The molecular formula is C16H19Cl2N3O2. The van der Waals surface area contributed by atoms with Crippen LogP contribution in [-0.2, 0) is 4.74 Å². The first-order chi connectivity index (χ1) is 10.7. The molecule has 1 saturated heterocycles. The smallest absolute Gasteiger partial charge is 0.159 e. The average molecular weight is 356 g/mol. The Bertz CT molecular complexity index is 608. The van der Waals surface area contributed by atoms with Crippen LogP contribution in [0.4, 0.5) is 0 Å². The van der Waals surface area contributed by atoms with Gasteiger partial charge in [-0.3, -0.25) is 0 Å². The van der Waals surface area contributed by atoms with E-state index in [1.807, 2.05) is 24.3 Å². The van der Waals surface area contributed by atoms with Gasteiger partial charge in [-0.05, 0) is 30.7 Å². The van der Waals surface area contributed by atoms with Crippen molar-refractivity contribution in [1.29, 1.82) is 0 Å². The highest BCUT2D eigenvalue weighted by Crippen LogP contribution is 2.21. The first-order valence-electron chi connectivity index (χ1n) is 7.26. The first kappa shape index (κ1) is 17.9. The summed E-state index contributed by atoms with van der Waals surface area (Å²) in [5.41, 5.74) is 6.95. The van der Waals surface area contributed by atoms with Gasteiger partial charge in [0.25, 0.3) is 0 Å². The molecule has 0 saturated carbocycles. The molecule has 1 aromatic carbocycles. The zero-order valence-electron chi connectivity index (χ0n) is 12.5. The Labute approximate surface area is 146 Å². The molecule has 7 heteroatoms. The molecule has 2 atom stereocenters. The van der Waals surface area contributed by atoms with Gasteiger partial charge < -0.3 is 15.2 Å². The number of ether oxygens (including phenoxy) is 2. The number of nitrogens with zero attached hydrogens (tertiary/aromatic N) is 2. The topological polar surface area (TPSA) is 70.3 Å². The summed E-state index contributed by atoms with van der Waals surface area (Å²) in [6.45, 7) is 1.98. The zero-order chi connectivity index (χ0) is 15.4. The number of hydrogen-bond acceptors (Lipinski definition) is 5. The van der Waals surface area contributed by atoms with Gasteiger partial charge in [0.15, 0.2) is 5.82 Å². The van der Waals surface area contributed by atoms with Crippen LogP contribution in [0.5, 0.6) is 5.75 Å². The molecule has 2 N–H and O–H groups in total. The van der Waals surface area contributed by atoms with E-state index in [0.29, 0.717) is 30.0 Å². The molecule has 0 radical (unpaired) electrons. The van der Waals surface area contributed by atoms with Gasteiger partial charge in [-0.15, -0.1) is 12.4 Å². The normalized spacial score (nSPS) is 20.6. The molecule has 0 bridgehead atoms. The summed E-state index contributed by atoms with van der Waals surface area (Å²) in [6.07, 6.45) is 4.11. The van der Waals surface area contributed by atoms with Crippen molar-refractivity contribution in [3.63, 3.8) is 0 Å².